The number of Topliss-reactive ketones (excluding diaryl/α,β-unsaturated/α-hetero) is 1. The zero-order valence-corrected chi connectivity index (χ0v) is 13.8. The zero-order valence-electron chi connectivity index (χ0n) is 13.8. The van der Waals surface area contributed by atoms with Crippen molar-refractivity contribution in [1.82, 2.24) is 14.7 Å². The number of carbonyl (C=O) groups is 1. The quantitative estimate of drug-likeness (QED) is 0.806. The molecule has 1 fully saturated rings. The molecule has 6 heteroatoms. The average molecular weight is 327 g/mol. The minimum Gasteiger partial charge on any atom is -0.454 e. The molecule has 3 heterocycles. The van der Waals surface area contributed by atoms with Gasteiger partial charge in [-0.25, -0.2) is 0 Å². The van der Waals surface area contributed by atoms with E-state index < -0.39 is 0 Å². The maximum absolute atomic E-state index is 12.9. The number of fused-ring (bicyclic) bond motifs is 1. The highest BCUT2D eigenvalue weighted by atomic mass is 16.7. The lowest BCUT2D eigenvalue weighted by atomic mass is 9.89. The van der Waals surface area contributed by atoms with Gasteiger partial charge in [-0.1, -0.05) is 0 Å². The van der Waals surface area contributed by atoms with Crippen LogP contribution in [0.25, 0.3) is 0 Å². The van der Waals surface area contributed by atoms with Gasteiger partial charge in [0, 0.05) is 43.4 Å². The number of piperidine rings is 1. The standard InChI is InChI=1S/C18H21N3O3/c1-20-9-13(8-19-20)10-21-6-2-3-15(11-21)18(22)14-4-5-16-17(7-14)24-12-23-16/h4-5,7-9,15H,2-3,6,10-12H2,1H3. The second-order valence-electron chi connectivity index (χ2n) is 6.53. The molecule has 2 aliphatic heterocycles. The number of ketones is 1. The molecule has 6 nitrogen and oxygen atoms in total. The molecule has 0 aliphatic carbocycles. The van der Waals surface area contributed by atoms with E-state index in [2.05, 4.69) is 10.00 Å². The highest BCUT2D eigenvalue weighted by molar-refractivity contribution is 5.98. The highest BCUT2D eigenvalue weighted by Crippen LogP contribution is 2.34. The van der Waals surface area contributed by atoms with Gasteiger partial charge in [0.25, 0.3) is 0 Å². The van der Waals surface area contributed by atoms with E-state index in [0.717, 1.165) is 32.5 Å². The van der Waals surface area contributed by atoms with E-state index in [1.165, 1.54) is 5.56 Å². The van der Waals surface area contributed by atoms with Crippen molar-refractivity contribution in [3.63, 3.8) is 0 Å². The summed E-state index contributed by atoms with van der Waals surface area (Å²) in [5, 5.41) is 4.21. The van der Waals surface area contributed by atoms with Crippen molar-refractivity contribution in [2.45, 2.75) is 19.4 Å². The van der Waals surface area contributed by atoms with Crippen molar-refractivity contribution in [3.05, 3.63) is 41.7 Å². The van der Waals surface area contributed by atoms with E-state index >= 15 is 0 Å². The molecular formula is C18H21N3O3. The minimum atomic E-state index is 0.0378. The molecule has 0 amide bonds. The lowest BCUT2D eigenvalue weighted by molar-refractivity contribution is 0.0811. The van der Waals surface area contributed by atoms with E-state index in [1.807, 2.05) is 42.3 Å². The number of ether oxygens (including phenoxy) is 2. The lowest BCUT2D eigenvalue weighted by Gasteiger charge is -2.31. The second kappa shape index (κ2) is 6.28. The van der Waals surface area contributed by atoms with Crippen LogP contribution in [0.3, 0.4) is 0 Å². The molecule has 0 radical (unpaired) electrons. The number of aryl methyl sites for hydroxylation is 1. The number of hydrogen-bond acceptors (Lipinski definition) is 5. The summed E-state index contributed by atoms with van der Waals surface area (Å²) in [6, 6.07) is 5.48. The maximum Gasteiger partial charge on any atom is 0.231 e. The van der Waals surface area contributed by atoms with E-state index in [4.69, 9.17) is 9.47 Å². The van der Waals surface area contributed by atoms with Crippen molar-refractivity contribution in [2.24, 2.45) is 13.0 Å². The Morgan fingerprint density at radius 3 is 3.04 bits per heavy atom. The SMILES string of the molecule is Cn1cc(CN2CCCC(C(=O)c3ccc4c(c3)OCO4)C2)cn1. The summed E-state index contributed by atoms with van der Waals surface area (Å²) in [6.07, 6.45) is 5.91. The highest BCUT2D eigenvalue weighted by Gasteiger charge is 2.28. The van der Waals surface area contributed by atoms with E-state index in [-0.39, 0.29) is 18.5 Å². The summed E-state index contributed by atoms with van der Waals surface area (Å²) in [4.78, 5) is 15.2. The first kappa shape index (κ1) is 15.2. The molecule has 0 spiro atoms. The topological polar surface area (TPSA) is 56.6 Å². The van der Waals surface area contributed by atoms with Crippen LogP contribution in [0.4, 0.5) is 0 Å². The third-order valence-electron chi connectivity index (χ3n) is 4.70. The number of likely N-dealkylation sites (tertiary alicyclic amines) is 1. The van der Waals surface area contributed by atoms with Gasteiger partial charge in [-0.3, -0.25) is 14.4 Å². The Bertz CT molecular complexity index is 756. The first-order valence-corrected chi connectivity index (χ1v) is 8.33. The van der Waals surface area contributed by atoms with Gasteiger partial charge in [0.2, 0.25) is 6.79 Å². The van der Waals surface area contributed by atoms with Gasteiger partial charge in [0.05, 0.1) is 6.20 Å². The monoisotopic (exact) mass is 327 g/mol. The molecule has 1 saturated heterocycles. The Morgan fingerprint density at radius 1 is 1.33 bits per heavy atom. The van der Waals surface area contributed by atoms with Crippen molar-refractivity contribution >= 4 is 5.78 Å². The molecule has 2 aliphatic rings. The number of aromatic nitrogens is 2. The number of rotatable bonds is 4. The van der Waals surface area contributed by atoms with Gasteiger partial charge >= 0.3 is 0 Å². The first-order valence-electron chi connectivity index (χ1n) is 8.33. The fraction of sp³-hybridized carbons (Fsp3) is 0.444. The maximum atomic E-state index is 12.9. The summed E-state index contributed by atoms with van der Waals surface area (Å²) >= 11 is 0. The van der Waals surface area contributed by atoms with Gasteiger partial charge < -0.3 is 9.47 Å². The van der Waals surface area contributed by atoms with Gasteiger partial charge in [0.15, 0.2) is 17.3 Å². The Balaban J connectivity index is 1.44. The van der Waals surface area contributed by atoms with Gasteiger partial charge in [-0.2, -0.15) is 5.10 Å². The third-order valence-corrected chi connectivity index (χ3v) is 4.70. The normalized spacial score (nSPS) is 20.3. The number of hydrogen-bond donors (Lipinski definition) is 0. The molecule has 126 valence electrons. The molecular weight excluding hydrogens is 306 g/mol. The lowest BCUT2D eigenvalue weighted by Crippen LogP contribution is -2.38. The predicted molar refractivity (Wildman–Crippen MR) is 88.1 cm³/mol. The Morgan fingerprint density at radius 2 is 2.21 bits per heavy atom. The van der Waals surface area contributed by atoms with Crippen LogP contribution in [0.2, 0.25) is 0 Å². The number of benzene rings is 1. The first-order chi connectivity index (χ1) is 11.7. The van der Waals surface area contributed by atoms with Gasteiger partial charge in [-0.15, -0.1) is 0 Å². The second-order valence-corrected chi connectivity index (χ2v) is 6.53. The summed E-state index contributed by atoms with van der Waals surface area (Å²) in [6.45, 7) is 2.90. The fourth-order valence-corrected chi connectivity index (χ4v) is 3.51. The summed E-state index contributed by atoms with van der Waals surface area (Å²) in [5.41, 5.74) is 1.90. The van der Waals surface area contributed by atoms with Crippen molar-refractivity contribution in [2.75, 3.05) is 19.9 Å². The van der Waals surface area contributed by atoms with Crippen LogP contribution in [0.1, 0.15) is 28.8 Å². The molecule has 2 aromatic rings. The molecule has 1 aromatic heterocycles. The summed E-state index contributed by atoms with van der Waals surface area (Å²) in [5.74, 6) is 1.62. The van der Waals surface area contributed by atoms with E-state index in [1.54, 1.807) is 0 Å². The van der Waals surface area contributed by atoms with Crippen molar-refractivity contribution in [1.29, 1.82) is 0 Å². The van der Waals surface area contributed by atoms with E-state index in [0.29, 0.717) is 17.1 Å². The van der Waals surface area contributed by atoms with Crippen LogP contribution in [-0.4, -0.2) is 40.3 Å². The molecule has 24 heavy (non-hydrogen) atoms. The van der Waals surface area contributed by atoms with Gasteiger partial charge in [0.1, 0.15) is 0 Å². The van der Waals surface area contributed by atoms with Crippen LogP contribution in [-0.2, 0) is 13.6 Å². The van der Waals surface area contributed by atoms with Crippen LogP contribution in [0.5, 0.6) is 11.5 Å². The Kier molecular flexibility index (Phi) is 3.98. The fourth-order valence-electron chi connectivity index (χ4n) is 3.51. The third kappa shape index (κ3) is 3.01. The Hall–Kier alpha value is -2.34. The summed E-state index contributed by atoms with van der Waals surface area (Å²) in [7, 11) is 1.92. The smallest absolute Gasteiger partial charge is 0.231 e. The number of nitrogens with zero attached hydrogens (tertiary/aromatic N) is 3. The largest absolute Gasteiger partial charge is 0.454 e. The minimum absolute atomic E-state index is 0.0378. The molecule has 4 rings (SSSR count). The predicted octanol–water partition coefficient (Wildman–Crippen LogP) is 2.24. The van der Waals surface area contributed by atoms with Crippen molar-refractivity contribution < 1.29 is 14.3 Å². The van der Waals surface area contributed by atoms with Crippen LogP contribution >= 0.6 is 0 Å². The van der Waals surface area contributed by atoms with Crippen LogP contribution in [0.15, 0.2) is 30.6 Å². The number of carbonyl (C=O) groups excluding carboxylic acids is 1. The van der Waals surface area contributed by atoms with Crippen LogP contribution < -0.4 is 9.47 Å². The Labute approximate surface area is 141 Å². The van der Waals surface area contributed by atoms with Crippen LogP contribution in [0, 0.1) is 5.92 Å². The van der Waals surface area contributed by atoms with Crippen molar-refractivity contribution in [3.8, 4) is 11.5 Å². The zero-order chi connectivity index (χ0) is 16.5. The average Bonchev–Trinajstić information content (AvgIpc) is 3.22. The molecule has 0 saturated carbocycles. The molecule has 1 aromatic carbocycles. The van der Waals surface area contributed by atoms with Gasteiger partial charge in [-0.05, 0) is 37.6 Å². The molecule has 1 unspecified atom stereocenters. The van der Waals surface area contributed by atoms with E-state index in [9.17, 15) is 4.79 Å². The molecule has 0 N–H and O–H groups in total. The molecule has 1 atom stereocenters. The summed E-state index contributed by atoms with van der Waals surface area (Å²) < 4.78 is 12.5. The molecule has 0 bridgehead atoms.